The molecule has 1 aliphatic heterocycles. The third kappa shape index (κ3) is 1.85. The molecule has 1 N–H and O–H groups in total. The van der Waals surface area contributed by atoms with Crippen LogP contribution in [0.5, 0.6) is 0 Å². The van der Waals surface area contributed by atoms with E-state index in [-0.39, 0.29) is 23.3 Å². The summed E-state index contributed by atoms with van der Waals surface area (Å²) in [5, 5.41) is 2.82. The zero-order valence-electron chi connectivity index (χ0n) is 9.74. The lowest BCUT2D eigenvalue weighted by atomic mass is 10.0. The predicted octanol–water partition coefficient (Wildman–Crippen LogP) is 0.956. The van der Waals surface area contributed by atoms with E-state index in [1.54, 1.807) is 0 Å². The minimum absolute atomic E-state index is 0.0256. The highest BCUT2D eigenvalue weighted by molar-refractivity contribution is 5.86. The van der Waals surface area contributed by atoms with Gasteiger partial charge in [-0.05, 0) is 5.41 Å². The second kappa shape index (κ2) is 4.21. The topological polar surface area (TPSA) is 55.4 Å². The van der Waals surface area contributed by atoms with Crippen LogP contribution in [0.4, 0.5) is 0 Å². The molecule has 1 heterocycles. The highest BCUT2D eigenvalue weighted by Gasteiger charge is 2.69. The number of carbonyl (C=O) groups excluding carboxylic acids is 2. The molecule has 0 aromatic carbocycles. The summed E-state index contributed by atoms with van der Waals surface area (Å²) in [6, 6.07) is 0.0256. The Morgan fingerprint density at radius 1 is 1.47 bits per heavy atom. The maximum absolute atomic E-state index is 11.3. The second-order valence-electron chi connectivity index (χ2n) is 4.37. The van der Waals surface area contributed by atoms with Crippen molar-refractivity contribution >= 4 is 12.4 Å². The molecular formula is C11H19NO3. The summed E-state index contributed by atoms with van der Waals surface area (Å²) < 4.78 is 4.66. The van der Waals surface area contributed by atoms with Crippen LogP contribution < -0.4 is 5.32 Å². The quantitative estimate of drug-likeness (QED) is 0.710. The van der Waals surface area contributed by atoms with Crippen LogP contribution in [0, 0.1) is 17.3 Å². The second-order valence-corrected chi connectivity index (χ2v) is 4.37. The van der Waals surface area contributed by atoms with Crippen LogP contribution in [0.3, 0.4) is 0 Å². The number of amides is 1. The molecule has 4 heteroatoms. The Morgan fingerprint density at radius 3 is 2.47 bits per heavy atom. The van der Waals surface area contributed by atoms with E-state index in [9.17, 15) is 9.59 Å². The van der Waals surface area contributed by atoms with Gasteiger partial charge in [-0.25, -0.2) is 0 Å². The van der Waals surface area contributed by atoms with Gasteiger partial charge in [0, 0.05) is 11.8 Å². The van der Waals surface area contributed by atoms with E-state index in [1.165, 1.54) is 0 Å². The molecule has 86 valence electrons. The molecule has 3 unspecified atom stereocenters. The van der Waals surface area contributed by atoms with Gasteiger partial charge >= 0.3 is 0 Å². The maximum atomic E-state index is 11.3. The molecule has 3 atom stereocenters. The van der Waals surface area contributed by atoms with E-state index >= 15 is 0 Å². The number of nitrogens with one attached hydrogen (secondary N) is 1. The Morgan fingerprint density at radius 2 is 2.07 bits per heavy atom. The van der Waals surface area contributed by atoms with Crippen LogP contribution in [0.15, 0.2) is 0 Å². The number of ether oxygens (including phenoxy) is 1. The molecular weight excluding hydrogens is 194 g/mol. The van der Waals surface area contributed by atoms with E-state index in [0.717, 1.165) is 0 Å². The fraction of sp³-hybridized carbons (Fsp3) is 0.818. The molecule has 2 aliphatic rings. The van der Waals surface area contributed by atoms with Gasteiger partial charge in [-0.1, -0.05) is 27.7 Å². The summed E-state index contributed by atoms with van der Waals surface area (Å²) in [6.45, 7) is 8.89. The molecule has 15 heavy (non-hydrogen) atoms. The summed E-state index contributed by atoms with van der Waals surface area (Å²) in [4.78, 5) is 21.3. The largest absolute Gasteiger partial charge is 0.466 e. The minimum atomic E-state index is 0.0256. The molecule has 1 aliphatic carbocycles. The normalized spacial score (nSPS) is 34.4. The lowest BCUT2D eigenvalue weighted by Crippen LogP contribution is -2.37. The first-order chi connectivity index (χ1) is 7.09. The number of hydrogen-bond donors (Lipinski definition) is 1. The van der Waals surface area contributed by atoms with Crippen molar-refractivity contribution in [2.45, 2.75) is 33.7 Å². The van der Waals surface area contributed by atoms with Crippen molar-refractivity contribution in [2.75, 3.05) is 6.61 Å². The standard InChI is InChI=1S/C9H13NO3.C2H6/c1-9(2)6-5(3-13-4-11)10-8(12)7(6)9;1-2/h4-7H,3H2,1-2H3,(H,10,12);1-2H3. The molecule has 1 saturated carbocycles. The zero-order valence-corrected chi connectivity index (χ0v) is 9.74. The van der Waals surface area contributed by atoms with Crippen molar-refractivity contribution in [1.29, 1.82) is 0 Å². The smallest absolute Gasteiger partial charge is 0.293 e. The molecule has 0 bridgehead atoms. The van der Waals surface area contributed by atoms with Gasteiger partial charge in [0.15, 0.2) is 0 Å². The van der Waals surface area contributed by atoms with Crippen LogP contribution in [-0.2, 0) is 14.3 Å². The van der Waals surface area contributed by atoms with Crippen molar-refractivity contribution in [1.82, 2.24) is 5.32 Å². The summed E-state index contributed by atoms with van der Waals surface area (Å²) in [5.74, 6) is 0.585. The Bertz CT molecular complexity index is 263. The molecule has 1 amide bonds. The van der Waals surface area contributed by atoms with E-state index < -0.39 is 0 Å². The molecule has 2 fully saturated rings. The minimum Gasteiger partial charge on any atom is -0.466 e. The molecule has 0 aromatic rings. The first kappa shape index (κ1) is 12.0. The molecule has 1 saturated heterocycles. The SMILES string of the molecule is CC.CC1(C)C2C(=O)NC(COC=O)C21. The predicted molar refractivity (Wildman–Crippen MR) is 56.1 cm³/mol. The van der Waals surface area contributed by atoms with Crippen LogP contribution in [0.1, 0.15) is 27.7 Å². The molecule has 0 spiro atoms. The van der Waals surface area contributed by atoms with Crippen LogP contribution in [-0.4, -0.2) is 25.0 Å². The Balaban J connectivity index is 0.000000531. The van der Waals surface area contributed by atoms with Gasteiger partial charge in [-0.3, -0.25) is 9.59 Å². The van der Waals surface area contributed by atoms with Crippen molar-refractivity contribution in [3.8, 4) is 0 Å². The monoisotopic (exact) mass is 213 g/mol. The molecule has 0 radical (unpaired) electrons. The highest BCUT2D eigenvalue weighted by Crippen LogP contribution is 2.62. The fourth-order valence-electron chi connectivity index (χ4n) is 2.58. The van der Waals surface area contributed by atoms with Gasteiger partial charge in [0.05, 0.1) is 6.04 Å². The van der Waals surface area contributed by atoms with Crippen molar-refractivity contribution < 1.29 is 14.3 Å². The number of hydrogen-bond acceptors (Lipinski definition) is 3. The van der Waals surface area contributed by atoms with Gasteiger partial charge in [0.25, 0.3) is 6.47 Å². The number of rotatable bonds is 3. The van der Waals surface area contributed by atoms with Crippen LogP contribution >= 0.6 is 0 Å². The van der Waals surface area contributed by atoms with Gasteiger partial charge in [0.2, 0.25) is 5.91 Å². The third-order valence-corrected chi connectivity index (χ3v) is 3.30. The summed E-state index contributed by atoms with van der Waals surface area (Å²) in [5.41, 5.74) is 0.0965. The van der Waals surface area contributed by atoms with Gasteiger partial charge < -0.3 is 10.1 Å². The van der Waals surface area contributed by atoms with E-state index in [1.807, 2.05) is 13.8 Å². The summed E-state index contributed by atoms with van der Waals surface area (Å²) in [7, 11) is 0. The van der Waals surface area contributed by atoms with Crippen molar-refractivity contribution in [3.05, 3.63) is 0 Å². The Labute approximate surface area is 90.4 Å². The zero-order chi connectivity index (χ0) is 11.6. The maximum Gasteiger partial charge on any atom is 0.293 e. The molecule has 0 aromatic heterocycles. The van der Waals surface area contributed by atoms with Crippen molar-refractivity contribution in [2.24, 2.45) is 17.3 Å². The van der Waals surface area contributed by atoms with Gasteiger partial charge in [-0.15, -0.1) is 0 Å². The first-order valence-corrected chi connectivity index (χ1v) is 5.44. The van der Waals surface area contributed by atoms with E-state index in [4.69, 9.17) is 0 Å². The van der Waals surface area contributed by atoms with Crippen LogP contribution in [0.2, 0.25) is 0 Å². The first-order valence-electron chi connectivity index (χ1n) is 5.44. The average molecular weight is 213 g/mol. The van der Waals surface area contributed by atoms with Gasteiger partial charge in [-0.2, -0.15) is 0 Å². The summed E-state index contributed by atoms with van der Waals surface area (Å²) >= 11 is 0. The lowest BCUT2D eigenvalue weighted by Gasteiger charge is -2.17. The number of piperidine rings is 1. The number of fused-ring (bicyclic) bond motifs is 1. The highest BCUT2D eigenvalue weighted by atomic mass is 16.5. The fourth-order valence-corrected chi connectivity index (χ4v) is 2.58. The van der Waals surface area contributed by atoms with E-state index in [0.29, 0.717) is 19.0 Å². The Kier molecular flexibility index (Phi) is 3.37. The van der Waals surface area contributed by atoms with Crippen molar-refractivity contribution in [3.63, 3.8) is 0 Å². The summed E-state index contributed by atoms with van der Waals surface area (Å²) in [6.07, 6.45) is 0. The average Bonchev–Trinajstić information content (AvgIpc) is 2.61. The van der Waals surface area contributed by atoms with Crippen LogP contribution in [0.25, 0.3) is 0 Å². The lowest BCUT2D eigenvalue weighted by molar-refractivity contribution is -0.130. The van der Waals surface area contributed by atoms with Gasteiger partial charge in [0.1, 0.15) is 6.61 Å². The molecule has 4 nitrogen and oxygen atoms in total. The molecule has 2 rings (SSSR count). The Hall–Kier alpha value is -1.06. The van der Waals surface area contributed by atoms with E-state index in [2.05, 4.69) is 23.9 Å². The third-order valence-electron chi connectivity index (χ3n) is 3.30. The number of carbonyl (C=O) groups is 2.